The Morgan fingerprint density at radius 1 is 1.12 bits per heavy atom. The second-order valence-electron chi connectivity index (χ2n) is 5.81. The highest BCUT2D eigenvalue weighted by Gasteiger charge is 2.19. The lowest BCUT2D eigenvalue weighted by Gasteiger charge is -2.31. The summed E-state index contributed by atoms with van der Waals surface area (Å²) in [5.74, 6) is 1.93. The molecular formula is C18H24N4O3. The third kappa shape index (κ3) is 4.80. The molecule has 0 saturated carbocycles. The van der Waals surface area contributed by atoms with Gasteiger partial charge in [0.1, 0.15) is 5.75 Å². The van der Waals surface area contributed by atoms with Crippen LogP contribution < -0.4 is 14.8 Å². The summed E-state index contributed by atoms with van der Waals surface area (Å²) in [5.41, 5.74) is 1.15. The minimum atomic E-state index is 0.0520. The average molecular weight is 344 g/mol. The molecule has 1 aliphatic heterocycles. The first-order valence-corrected chi connectivity index (χ1v) is 8.36. The number of nitrogens with one attached hydrogen (secondary N) is 1. The molecule has 0 spiro atoms. The first-order chi connectivity index (χ1) is 12.3. The van der Waals surface area contributed by atoms with Crippen LogP contribution in [0.5, 0.6) is 11.6 Å². The predicted molar refractivity (Wildman–Crippen MR) is 95.2 cm³/mol. The fourth-order valence-electron chi connectivity index (χ4n) is 2.79. The van der Waals surface area contributed by atoms with Gasteiger partial charge >= 0.3 is 0 Å². The van der Waals surface area contributed by atoms with Crippen molar-refractivity contribution in [3.8, 4) is 11.6 Å². The maximum absolute atomic E-state index is 5.45. The fraction of sp³-hybridized carbons (Fsp3) is 0.444. The molecule has 25 heavy (non-hydrogen) atoms. The minimum absolute atomic E-state index is 0.0520. The van der Waals surface area contributed by atoms with E-state index in [1.165, 1.54) is 0 Å². The molecule has 7 heteroatoms. The van der Waals surface area contributed by atoms with Gasteiger partial charge in [-0.3, -0.25) is 4.90 Å². The van der Waals surface area contributed by atoms with Gasteiger partial charge in [0.2, 0.25) is 11.8 Å². The Balaban J connectivity index is 1.78. The van der Waals surface area contributed by atoms with Crippen LogP contribution in [0.15, 0.2) is 36.5 Å². The summed E-state index contributed by atoms with van der Waals surface area (Å²) in [6.45, 7) is 4.23. The Bertz CT molecular complexity index is 660. The molecule has 134 valence electrons. The topological polar surface area (TPSA) is 68.7 Å². The molecule has 1 aromatic carbocycles. The molecule has 1 fully saturated rings. The van der Waals surface area contributed by atoms with Crippen molar-refractivity contribution in [3.63, 3.8) is 0 Å². The van der Waals surface area contributed by atoms with Gasteiger partial charge in [0.25, 0.3) is 0 Å². The summed E-state index contributed by atoms with van der Waals surface area (Å²) in [5, 5.41) is 3.43. The molecule has 1 aliphatic rings. The van der Waals surface area contributed by atoms with Gasteiger partial charge in [0.05, 0.1) is 33.5 Å². The summed E-state index contributed by atoms with van der Waals surface area (Å²) in [6, 6.07) is 9.85. The highest BCUT2D eigenvalue weighted by molar-refractivity contribution is 5.36. The first kappa shape index (κ1) is 17.4. The molecule has 2 heterocycles. The highest BCUT2D eigenvalue weighted by atomic mass is 16.5. The van der Waals surface area contributed by atoms with Gasteiger partial charge < -0.3 is 19.5 Å². The van der Waals surface area contributed by atoms with Gasteiger partial charge in [-0.15, -0.1) is 0 Å². The minimum Gasteiger partial charge on any atom is -0.497 e. The highest BCUT2D eigenvalue weighted by Crippen LogP contribution is 2.22. The SMILES string of the molecule is COc1ccc(C(CN2CCOCC2)Nc2nccc(OC)n2)cc1. The lowest BCUT2D eigenvalue weighted by molar-refractivity contribution is 0.0360. The van der Waals surface area contributed by atoms with Gasteiger partial charge in [-0.1, -0.05) is 12.1 Å². The standard InChI is InChI=1S/C18H24N4O3/c1-23-15-5-3-14(4-6-15)16(13-22-9-11-25-12-10-22)20-18-19-8-7-17(21-18)24-2/h3-8,16H,9-13H2,1-2H3,(H,19,20,21). The van der Waals surface area contributed by atoms with Crippen molar-refractivity contribution in [2.45, 2.75) is 6.04 Å². The van der Waals surface area contributed by atoms with E-state index in [0.717, 1.165) is 44.2 Å². The van der Waals surface area contributed by atoms with Crippen molar-refractivity contribution >= 4 is 5.95 Å². The van der Waals surface area contributed by atoms with Crippen molar-refractivity contribution in [2.24, 2.45) is 0 Å². The van der Waals surface area contributed by atoms with Crippen LogP contribution in [0, 0.1) is 0 Å². The Kier molecular flexibility index (Phi) is 6.03. The second-order valence-corrected chi connectivity index (χ2v) is 5.81. The van der Waals surface area contributed by atoms with Crippen molar-refractivity contribution in [1.29, 1.82) is 0 Å². The van der Waals surface area contributed by atoms with E-state index in [9.17, 15) is 0 Å². The third-order valence-corrected chi connectivity index (χ3v) is 4.21. The number of ether oxygens (including phenoxy) is 3. The lowest BCUT2D eigenvalue weighted by atomic mass is 10.1. The number of morpholine rings is 1. The normalized spacial score (nSPS) is 16.2. The summed E-state index contributed by atoms with van der Waals surface area (Å²) in [4.78, 5) is 11.1. The fourth-order valence-corrected chi connectivity index (χ4v) is 2.79. The third-order valence-electron chi connectivity index (χ3n) is 4.21. The molecule has 1 atom stereocenters. The van der Waals surface area contributed by atoms with Crippen LogP contribution in [0.2, 0.25) is 0 Å². The van der Waals surface area contributed by atoms with Crippen LogP contribution in [0.3, 0.4) is 0 Å². The van der Waals surface area contributed by atoms with E-state index >= 15 is 0 Å². The van der Waals surface area contributed by atoms with E-state index in [1.54, 1.807) is 26.5 Å². The van der Waals surface area contributed by atoms with Crippen LogP contribution in [0.1, 0.15) is 11.6 Å². The molecule has 3 rings (SSSR count). The van der Waals surface area contributed by atoms with E-state index in [1.807, 2.05) is 12.1 Å². The van der Waals surface area contributed by atoms with Crippen LogP contribution in [-0.2, 0) is 4.74 Å². The van der Waals surface area contributed by atoms with Crippen LogP contribution in [0.4, 0.5) is 5.95 Å². The number of benzene rings is 1. The number of hydrogen-bond acceptors (Lipinski definition) is 7. The number of nitrogens with zero attached hydrogens (tertiary/aromatic N) is 3. The number of hydrogen-bond donors (Lipinski definition) is 1. The quantitative estimate of drug-likeness (QED) is 0.823. The Morgan fingerprint density at radius 3 is 2.56 bits per heavy atom. The van der Waals surface area contributed by atoms with Crippen molar-refractivity contribution in [2.75, 3.05) is 52.4 Å². The zero-order chi connectivity index (χ0) is 17.5. The number of rotatable bonds is 7. The molecule has 0 radical (unpaired) electrons. The zero-order valence-electron chi connectivity index (χ0n) is 14.6. The maximum atomic E-state index is 5.45. The Labute approximate surface area is 147 Å². The second kappa shape index (κ2) is 8.64. The monoisotopic (exact) mass is 344 g/mol. The largest absolute Gasteiger partial charge is 0.497 e. The number of methoxy groups -OCH3 is 2. The molecule has 2 aromatic rings. The van der Waals surface area contributed by atoms with Crippen LogP contribution in [-0.4, -0.2) is 61.9 Å². The number of anilines is 1. The molecule has 1 saturated heterocycles. The summed E-state index contributed by atoms with van der Waals surface area (Å²) < 4.78 is 15.9. The molecule has 1 unspecified atom stereocenters. The molecular weight excluding hydrogens is 320 g/mol. The van der Waals surface area contributed by atoms with E-state index in [-0.39, 0.29) is 6.04 Å². The number of aromatic nitrogens is 2. The Hall–Kier alpha value is -2.38. The van der Waals surface area contributed by atoms with Gasteiger partial charge in [0.15, 0.2) is 0 Å². The van der Waals surface area contributed by atoms with Gasteiger partial charge in [-0.2, -0.15) is 4.98 Å². The van der Waals surface area contributed by atoms with Crippen molar-refractivity contribution in [1.82, 2.24) is 14.9 Å². The van der Waals surface area contributed by atoms with Gasteiger partial charge in [-0.05, 0) is 17.7 Å². The maximum Gasteiger partial charge on any atom is 0.226 e. The lowest BCUT2D eigenvalue weighted by Crippen LogP contribution is -2.40. The molecule has 0 amide bonds. The Morgan fingerprint density at radius 2 is 1.88 bits per heavy atom. The van der Waals surface area contributed by atoms with E-state index in [4.69, 9.17) is 14.2 Å². The van der Waals surface area contributed by atoms with Crippen molar-refractivity contribution in [3.05, 3.63) is 42.1 Å². The van der Waals surface area contributed by atoms with Crippen molar-refractivity contribution < 1.29 is 14.2 Å². The summed E-state index contributed by atoms with van der Waals surface area (Å²) >= 11 is 0. The van der Waals surface area contributed by atoms with E-state index < -0.39 is 0 Å². The zero-order valence-corrected chi connectivity index (χ0v) is 14.6. The van der Waals surface area contributed by atoms with Gasteiger partial charge in [0, 0.05) is 31.9 Å². The molecule has 0 aliphatic carbocycles. The predicted octanol–water partition coefficient (Wildman–Crippen LogP) is 1.98. The summed E-state index contributed by atoms with van der Waals surface area (Å²) in [6.07, 6.45) is 1.69. The molecule has 7 nitrogen and oxygen atoms in total. The average Bonchev–Trinajstić information content (AvgIpc) is 2.68. The molecule has 1 N–H and O–H groups in total. The van der Waals surface area contributed by atoms with Crippen LogP contribution >= 0.6 is 0 Å². The first-order valence-electron chi connectivity index (χ1n) is 8.36. The van der Waals surface area contributed by atoms with E-state index in [2.05, 4.69) is 32.3 Å². The van der Waals surface area contributed by atoms with Crippen LogP contribution in [0.25, 0.3) is 0 Å². The molecule has 0 bridgehead atoms. The molecule has 1 aromatic heterocycles. The smallest absolute Gasteiger partial charge is 0.226 e. The van der Waals surface area contributed by atoms with E-state index in [0.29, 0.717) is 11.8 Å². The summed E-state index contributed by atoms with van der Waals surface area (Å²) in [7, 11) is 3.27. The van der Waals surface area contributed by atoms with Gasteiger partial charge in [-0.25, -0.2) is 4.98 Å².